The molecule has 0 fully saturated rings. The number of rotatable bonds is 4. The molecule has 0 unspecified atom stereocenters. The standard InChI is InChI=1S/C21H19F2N3O/c1-4-17(11-13(2)22)25-20-19-15(9-10-24-20)12-14(3)26(21(19)27)18-7-5-16(23)6-8-18/h5-12H,4H2,1-3H3/b13-11+,25-17?. The highest BCUT2D eigenvalue weighted by atomic mass is 19.1. The van der Waals surface area contributed by atoms with Crippen LogP contribution in [0.2, 0.25) is 0 Å². The largest absolute Gasteiger partial charge is 0.281 e. The molecule has 0 saturated heterocycles. The van der Waals surface area contributed by atoms with Gasteiger partial charge >= 0.3 is 0 Å². The Labute approximate surface area is 155 Å². The number of nitrogens with zero attached hydrogens (tertiary/aromatic N) is 3. The molecule has 6 heteroatoms. The highest BCUT2D eigenvalue weighted by Crippen LogP contribution is 2.23. The minimum Gasteiger partial charge on any atom is -0.281 e. The van der Waals surface area contributed by atoms with Crippen LogP contribution >= 0.6 is 0 Å². The minimum absolute atomic E-state index is 0.239. The van der Waals surface area contributed by atoms with E-state index in [1.165, 1.54) is 29.7 Å². The van der Waals surface area contributed by atoms with Crippen molar-refractivity contribution in [2.24, 2.45) is 4.99 Å². The number of pyridine rings is 2. The van der Waals surface area contributed by atoms with Crippen LogP contribution in [0.5, 0.6) is 0 Å². The predicted molar refractivity (Wildman–Crippen MR) is 104 cm³/mol. The average molecular weight is 367 g/mol. The van der Waals surface area contributed by atoms with Gasteiger partial charge in [0.2, 0.25) is 0 Å². The van der Waals surface area contributed by atoms with Gasteiger partial charge in [-0.05, 0) is 68.1 Å². The molecule has 3 rings (SSSR count). The fourth-order valence-electron chi connectivity index (χ4n) is 2.94. The summed E-state index contributed by atoms with van der Waals surface area (Å²) in [4.78, 5) is 21.8. The summed E-state index contributed by atoms with van der Waals surface area (Å²) < 4.78 is 28.0. The van der Waals surface area contributed by atoms with Crippen molar-refractivity contribution in [2.45, 2.75) is 27.2 Å². The fourth-order valence-corrected chi connectivity index (χ4v) is 2.94. The molecule has 0 aliphatic carbocycles. The lowest BCUT2D eigenvalue weighted by molar-refractivity contribution is 0.627. The second-order valence-electron chi connectivity index (χ2n) is 6.19. The first-order valence-corrected chi connectivity index (χ1v) is 8.59. The highest BCUT2D eigenvalue weighted by molar-refractivity contribution is 6.00. The predicted octanol–water partition coefficient (Wildman–Crippen LogP) is 5.19. The first-order valence-electron chi connectivity index (χ1n) is 8.59. The lowest BCUT2D eigenvalue weighted by atomic mass is 10.1. The molecule has 0 atom stereocenters. The van der Waals surface area contributed by atoms with Crippen LogP contribution < -0.4 is 5.56 Å². The summed E-state index contributed by atoms with van der Waals surface area (Å²) in [5.41, 5.74) is 1.44. The first-order chi connectivity index (χ1) is 12.9. The van der Waals surface area contributed by atoms with E-state index in [1.807, 2.05) is 13.0 Å². The summed E-state index contributed by atoms with van der Waals surface area (Å²) in [6, 6.07) is 9.28. The SMILES string of the molecule is CCC(/C=C(\C)F)=Nc1nccc2cc(C)n(-c3ccc(F)cc3)c(=O)c12. The van der Waals surface area contributed by atoms with E-state index < -0.39 is 0 Å². The molecule has 27 heavy (non-hydrogen) atoms. The number of hydrogen-bond donors (Lipinski definition) is 0. The maximum absolute atomic E-state index is 13.3. The van der Waals surface area contributed by atoms with Crippen LogP contribution in [0, 0.1) is 12.7 Å². The zero-order valence-corrected chi connectivity index (χ0v) is 15.3. The topological polar surface area (TPSA) is 47.2 Å². The normalized spacial score (nSPS) is 12.6. The fraction of sp³-hybridized carbons (Fsp3) is 0.190. The van der Waals surface area contributed by atoms with Gasteiger partial charge in [-0.2, -0.15) is 0 Å². The minimum atomic E-state index is -0.377. The van der Waals surface area contributed by atoms with Crippen LogP contribution in [0.3, 0.4) is 0 Å². The molecule has 0 amide bonds. The summed E-state index contributed by atoms with van der Waals surface area (Å²) >= 11 is 0. The van der Waals surface area contributed by atoms with Crippen LogP contribution in [0.25, 0.3) is 16.5 Å². The van der Waals surface area contributed by atoms with Crippen LogP contribution in [0.15, 0.2) is 64.3 Å². The second-order valence-corrected chi connectivity index (χ2v) is 6.19. The van der Waals surface area contributed by atoms with Crippen molar-refractivity contribution in [1.82, 2.24) is 9.55 Å². The van der Waals surface area contributed by atoms with Crippen molar-refractivity contribution < 1.29 is 8.78 Å². The van der Waals surface area contributed by atoms with Gasteiger partial charge in [0.25, 0.3) is 5.56 Å². The van der Waals surface area contributed by atoms with Gasteiger partial charge in [0.1, 0.15) is 5.82 Å². The number of aliphatic imine (C=N–C) groups is 1. The second kappa shape index (κ2) is 7.61. The molecule has 0 aliphatic rings. The van der Waals surface area contributed by atoms with Gasteiger partial charge in [0.05, 0.1) is 11.2 Å². The number of halogens is 2. The third kappa shape index (κ3) is 3.84. The van der Waals surface area contributed by atoms with E-state index >= 15 is 0 Å². The molecule has 0 spiro atoms. The third-order valence-electron chi connectivity index (χ3n) is 4.16. The average Bonchev–Trinajstić information content (AvgIpc) is 2.62. The van der Waals surface area contributed by atoms with Crippen molar-refractivity contribution in [1.29, 1.82) is 0 Å². The molecule has 1 aromatic carbocycles. The Kier molecular flexibility index (Phi) is 5.26. The van der Waals surface area contributed by atoms with E-state index in [2.05, 4.69) is 9.98 Å². The lowest BCUT2D eigenvalue weighted by Crippen LogP contribution is -2.21. The lowest BCUT2D eigenvalue weighted by Gasteiger charge is -2.12. The van der Waals surface area contributed by atoms with Crippen molar-refractivity contribution in [3.05, 3.63) is 76.4 Å². The van der Waals surface area contributed by atoms with E-state index in [9.17, 15) is 13.6 Å². The quantitative estimate of drug-likeness (QED) is 0.596. The Morgan fingerprint density at radius 3 is 2.59 bits per heavy atom. The number of fused-ring (bicyclic) bond motifs is 1. The molecule has 2 aromatic heterocycles. The van der Waals surface area contributed by atoms with Gasteiger partial charge in [-0.1, -0.05) is 6.92 Å². The van der Waals surface area contributed by atoms with Crippen molar-refractivity contribution in [2.75, 3.05) is 0 Å². The van der Waals surface area contributed by atoms with Gasteiger partial charge in [-0.15, -0.1) is 0 Å². The molecule has 0 aliphatic heterocycles. The number of hydrogen-bond acceptors (Lipinski definition) is 3. The zero-order valence-electron chi connectivity index (χ0n) is 15.3. The van der Waals surface area contributed by atoms with Gasteiger partial charge in [0.15, 0.2) is 5.82 Å². The summed E-state index contributed by atoms with van der Waals surface area (Å²) in [5, 5.41) is 1.03. The van der Waals surface area contributed by atoms with E-state index in [0.29, 0.717) is 34.3 Å². The Bertz CT molecular complexity index is 1110. The van der Waals surface area contributed by atoms with Crippen molar-refractivity contribution >= 4 is 22.3 Å². The monoisotopic (exact) mass is 367 g/mol. The van der Waals surface area contributed by atoms with E-state index in [4.69, 9.17) is 0 Å². The molecular formula is C21H19F2N3O. The Morgan fingerprint density at radius 2 is 1.96 bits per heavy atom. The molecule has 3 aromatic rings. The maximum Gasteiger partial charge on any atom is 0.267 e. The van der Waals surface area contributed by atoms with Crippen LogP contribution in [0.4, 0.5) is 14.6 Å². The molecule has 0 radical (unpaired) electrons. The summed E-state index contributed by atoms with van der Waals surface area (Å²) in [6.07, 6.45) is 3.39. The number of aryl methyl sites for hydroxylation is 1. The summed E-state index contributed by atoms with van der Waals surface area (Å²) in [5.74, 6) is -0.503. The number of benzene rings is 1. The van der Waals surface area contributed by atoms with Gasteiger partial charge < -0.3 is 0 Å². The van der Waals surface area contributed by atoms with Crippen molar-refractivity contribution in [3.8, 4) is 5.69 Å². The molecule has 138 valence electrons. The van der Waals surface area contributed by atoms with E-state index in [0.717, 1.165) is 0 Å². The zero-order chi connectivity index (χ0) is 19.6. The smallest absolute Gasteiger partial charge is 0.267 e. The number of allylic oxidation sites excluding steroid dienone is 2. The molecular weight excluding hydrogens is 348 g/mol. The summed E-state index contributed by atoms with van der Waals surface area (Å²) in [7, 11) is 0. The molecule has 0 saturated carbocycles. The van der Waals surface area contributed by atoms with E-state index in [-0.39, 0.29) is 23.0 Å². The molecule has 0 N–H and O–H groups in total. The highest BCUT2D eigenvalue weighted by Gasteiger charge is 2.13. The maximum atomic E-state index is 13.3. The van der Waals surface area contributed by atoms with Gasteiger partial charge in [-0.25, -0.2) is 18.8 Å². The molecule has 0 bridgehead atoms. The van der Waals surface area contributed by atoms with Gasteiger partial charge in [0, 0.05) is 23.3 Å². The Hall–Kier alpha value is -3.15. The third-order valence-corrected chi connectivity index (χ3v) is 4.16. The van der Waals surface area contributed by atoms with Crippen LogP contribution in [-0.4, -0.2) is 15.3 Å². The van der Waals surface area contributed by atoms with E-state index in [1.54, 1.807) is 31.3 Å². The van der Waals surface area contributed by atoms with Crippen LogP contribution in [0.1, 0.15) is 26.0 Å². The molecule has 2 heterocycles. The first kappa shape index (κ1) is 18.6. The Morgan fingerprint density at radius 1 is 1.26 bits per heavy atom. The van der Waals surface area contributed by atoms with Crippen LogP contribution in [-0.2, 0) is 0 Å². The number of aromatic nitrogens is 2. The Balaban J connectivity index is 2.31. The summed E-state index contributed by atoms with van der Waals surface area (Å²) in [6.45, 7) is 5.00. The van der Waals surface area contributed by atoms with Crippen molar-refractivity contribution in [3.63, 3.8) is 0 Å². The van der Waals surface area contributed by atoms with Gasteiger partial charge in [-0.3, -0.25) is 9.36 Å². The molecule has 4 nitrogen and oxygen atoms in total.